The first-order chi connectivity index (χ1) is 16.4. The number of ketones is 1. The monoisotopic (exact) mass is 503 g/mol. The molecule has 2 heterocycles. The molecule has 2 fully saturated rings. The third kappa shape index (κ3) is 5.46. The standard InChI is InChI=1S/C25H34ClN5O4/c1-25(2,3)22(28)24(34)31-12-16(35-20-7-6-15(26)11-29-20)10-19(31)23(33)30-18-9-14-5-4-13(14)8-17(27)21(18)32/h6-8,11,13-14,16,18-19,22H,4-5,9-10,12,27-28H2,1-3H3,(H,30,33)/t13?,14?,16-,18?,19-,22+/m1/s1. The number of amides is 2. The van der Waals surface area contributed by atoms with Gasteiger partial charge in [0.2, 0.25) is 17.7 Å². The lowest BCUT2D eigenvalue weighted by molar-refractivity contribution is -0.141. The van der Waals surface area contributed by atoms with E-state index in [0.29, 0.717) is 29.2 Å². The molecule has 190 valence electrons. The van der Waals surface area contributed by atoms with Crippen molar-refractivity contribution >= 4 is 29.2 Å². The minimum Gasteiger partial charge on any atom is -0.472 e. The minimum atomic E-state index is -0.827. The van der Waals surface area contributed by atoms with Gasteiger partial charge in [0.15, 0.2) is 5.78 Å². The Balaban J connectivity index is 1.52. The minimum absolute atomic E-state index is 0.177. The van der Waals surface area contributed by atoms with Gasteiger partial charge in [0.1, 0.15) is 12.1 Å². The second-order valence-electron chi connectivity index (χ2n) is 10.9. The van der Waals surface area contributed by atoms with E-state index in [-0.39, 0.29) is 30.4 Å². The number of hydrogen-bond donors (Lipinski definition) is 3. The Morgan fingerprint density at radius 2 is 2.00 bits per heavy atom. The molecule has 2 amide bonds. The Hall–Kier alpha value is -2.65. The van der Waals surface area contributed by atoms with E-state index >= 15 is 0 Å². The Labute approximate surface area is 210 Å². The SMILES string of the molecule is CC(C)(C)[C@@H](N)C(=O)N1C[C@H](Oc2ccc(Cl)cn2)C[C@@H]1C(=O)NC1CC2CCC2C=C(N)C1=O. The van der Waals surface area contributed by atoms with Gasteiger partial charge in [-0.1, -0.05) is 38.4 Å². The van der Waals surface area contributed by atoms with E-state index in [1.807, 2.05) is 26.8 Å². The Bertz CT molecular complexity index is 1020. The predicted molar refractivity (Wildman–Crippen MR) is 131 cm³/mol. The van der Waals surface area contributed by atoms with E-state index in [4.69, 9.17) is 27.8 Å². The molecular formula is C25H34ClN5O4. The Morgan fingerprint density at radius 3 is 2.60 bits per heavy atom. The number of pyridine rings is 1. The molecule has 3 aliphatic rings. The first kappa shape index (κ1) is 25.4. The maximum Gasteiger partial charge on any atom is 0.243 e. The smallest absolute Gasteiger partial charge is 0.243 e. The van der Waals surface area contributed by atoms with Crippen LogP contribution in [-0.2, 0) is 14.4 Å². The largest absolute Gasteiger partial charge is 0.472 e. The number of carbonyl (C=O) groups excluding carboxylic acids is 3. The maximum atomic E-state index is 13.5. The van der Waals surface area contributed by atoms with E-state index < -0.39 is 35.6 Å². The third-order valence-electron chi connectivity index (χ3n) is 7.36. The van der Waals surface area contributed by atoms with Crippen LogP contribution in [0.5, 0.6) is 5.88 Å². The summed E-state index contributed by atoms with van der Waals surface area (Å²) >= 11 is 5.91. The van der Waals surface area contributed by atoms with Gasteiger partial charge in [-0.25, -0.2) is 4.98 Å². The van der Waals surface area contributed by atoms with E-state index in [9.17, 15) is 14.4 Å². The number of nitrogens with one attached hydrogen (secondary N) is 1. The van der Waals surface area contributed by atoms with E-state index in [1.54, 1.807) is 12.1 Å². The molecule has 1 aromatic rings. The number of ether oxygens (including phenoxy) is 1. The van der Waals surface area contributed by atoms with Crippen molar-refractivity contribution in [2.75, 3.05) is 6.54 Å². The van der Waals surface area contributed by atoms with Gasteiger partial charge in [0, 0.05) is 18.7 Å². The van der Waals surface area contributed by atoms with Crippen LogP contribution in [0.3, 0.4) is 0 Å². The molecule has 10 heteroatoms. The van der Waals surface area contributed by atoms with E-state index in [0.717, 1.165) is 12.8 Å². The quantitative estimate of drug-likeness (QED) is 0.556. The first-order valence-electron chi connectivity index (χ1n) is 12.1. The summed E-state index contributed by atoms with van der Waals surface area (Å²) in [6, 6.07) is 0.952. The van der Waals surface area contributed by atoms with Crippen LogP contribution < -0.4 is 21.5 Å². The molecule has 1 saturated heterocycles. The second kappa shape index (κ2) is 9.78. The van der Waals surface area contributed by atoms with Crippen molar-refractivity contribution in [1.82, 2.24) is 15.2 Å². The summed E-state index contributed by atoms with van der Waals surface area (Å²) in [5.74, 6) is -0.0427. The molecule has 6 atom stereocenters. The van der Waals surface area contributed by atoms with Gasteiger partial charge in [-0.15, -0.1) is 0 Å². The molecule has 35 heavy (non-hydrogen) atoms. The number of rotatable bonds is 5. The number of allylic oxidation sites excluding steroid dienone is 1. The van der Waals surface area contributed by atoms with E-state index in [1.165, 1.54) is 11.1 Å². The van der Waals surface area contributed by atoms with Crippen LogP contribution in [0, 0.1) is 17.3 Å². The number of aromatic nitrogens is 1. The van der Waals surface area contributed by atoms with Gasteiger partial charge >= 0.3 is 0 Å². The second-order valence-corrected chi connectivity index (χ2v) is 11.4. The van der Waals surface area contributed by atoms with Gasteiger partial charge in [0.05, 0.1) is 29.3 Å². The number of hydrogen-bond acceptors (Lipinski definition) is 7. The van der Waals surface area contributed by atoms with Gasteiger partial charge in [-0.3, -0.25) is 14.4 Å². The fourth-order valence-electron chi connectivity index (χ4n) is 4.95. The van der Waals surface area contributed by atoms with Gasteiger partial charge in [-0.2, -0.15) is 0 Å². The summed E-state index contributed by atoms with van der Waals surface area (Å²) in [5, 5.41) is 3.36. The van der Waals surface area contributed by atoms with Crippen molar-refractivity contribution in [2.45, 2.75) is 70.7 Å². The Kier molecular flexibility index (Phi) is 7.11. The fraction of sp³-hybridized carbons (Fsp3) is 0.600. The fourth-order valence-corrected chi connectivity index (χ4v) is 5.06. The van der Waals surface area contributed by atoms with Crippen LogP contribution in [0.25, 0.3) is 0 Å². The number of likely N-dealkylation sites (tertiary alicyclic amines) is 1. The third-order valence-corrected chi connectivity index (χ3v) is 7.58. The Morgan fingerprint density at radius 1 is 1.26 bits per heavy atom. The van der Waals surface area contributed by atoms with Crippen molar-refractivity contribution in [2.24, 2.45) is 28.7 Å². The summed E-state index contributed by atoms with van der Waals surface area (Å²) in [6.07, 6.45) is 5.64. The molecule has 4 rings (SSSR count). The van der Waals surface area contributed by atoms with Crippen molar-refractivity contribution in [3.8, 4) is 5.88 Å². The topological polar surface area (TPSA) is 141 Å². The average molecular weight is 504 g/mol. The molecule has 1 saturated carbocycles. The molecule has 1 aliphatic heterocycles. The summed E-state index contributed by atoms with van der Waals surface area (Å²) < 4.78 is 5.96. The maximum absolute atomic E-state index is 13.5. The number of Topliss-reactive ketones (excluding diaryl/α,β-unsaturated/α-hetero) is 1. The zero-order valence-electron chi connectivity index (χ0n) is 20.4. The molecule has 2 aliphatic carbocycles. The van der Waals surface area contributed by atoms with Gasteiger partial charge in [-0.05, 0) is 42.6 Å². The number of carbonyl (C=O) groups is 3. The number of fused-ring (bicyclic) bond motifs is 1. The van der Waals surface area contributed by atoms with Gasteiger partial charge < -0.3 is 26.4 Å². The highest BCUT2D eigenvalue weighted by molar-refractivity contribution is 6.30. The zero-order valence-corrected chi connectivity index (χ0v) is 21.1. The lowest BCUT2D eigenvalue weighted by Crippen LogP contribution is -2.56. The lowest BCUT2D eigenvalue weighted by Gasteiger charge is -2.35. The highest BCUT2D eigenvalue weighted by Gasteiger charge is 2.46. The van der Waals surface area contributed by atoms with Crippen LogP contribution >= 0.6 is 11.6 Å². The summed E-state index contributed by atoms with van der Waals surface area (Å²) in [7, 11) is 0. The van der Waals surface area contributed by atoms with Crippen molar-refractivity contribution in [3.63, 3.8) is 0 Å². The zero-order chi connectivity index (χ0) is 25.5. The van der Waals surface area contributed by atoms with Crippen molar-refractivity contribution in [3.05, 3.63) is 35.1 Å². The van der Waals surface area contributed by atoms with Crippen LogP contribution in [0.1, 0.15) is 46.5 Å². The molecule has 5 N–H and O–H groups in total. The average Bonchev–Trinajstić information content (AvgIpc) is 3.19. The normalized spacial score (nSPS) is 29.4. The number of halogens is 1. The molecular weight excluding hydrogens is 470 g/mol. The first-order valence-corrected chi connectivity index (χ1v) is 12.5. The summed E-state index contributed by atoms with van der Waals surface area (Å²) in [5.41, 5.74) is 12.0. The lowest BCUT2D eigenvalue weighted by atomic mass is 9.71. The van der Waals surface area contributed by atoms with Crippen molar-refractivity contribution < 1.29 is 19.1 Å². The molecule has 9 nitrogen and oxygen atoms in total. The van der Waals surface area contributed by atoms with Crippen molar-refractivity contribution in [1.29, 1.82) is 0 Å². The molecule has 1 aromatic heterocycles. The predicted octanol–water partition coefficient (Wildman–Crippen LogP) is 1.78. The number of nitrogens with two attached hydrogens (primary N) is 2. The summed E-state index contributed by atoms with van der Waals surface area (Å²) in [6.45, 7) is 5.80. The molecule has 3 unspecified atom stereocenters. The summed E-state index contributed by atoms with van der Waals surface area (Å²) in [4.78, 5) is 45.3. The molecule has 0 radical (unpaired) electrons. The number of nitrogens with zero attached hydrogens (tertiary/aromatic N) is 2. The molecule has 0 aromatic carbocycles. The van der Waals surface area contributed by atoms with Gasteiger partial charge in [0.25, 0.3) is 0 Å². The highest BCUT2D eigenvalue weighted by Crippen LogP contribution is 2.41. The molecule has 0 spiro atoms. The van der Waals surface area contributed by atoms with Crippen LogP contribution in [-0.4, -0.2) is 58.3 Å². The highest BCUT2D eigenvalue weighted by atomic mass is 35.5. The van der Waals surface area contributed by atoms with Crippen LogP contribution in [0.15, 0.2) is 30.1 Å². The van der Waals surface area contributed by atoms with Crippen LogP contribution in [0.4, 0.5) is 0 Å². The molecule has 0 bridgehead atoms. The van der Waals surface area contributed by atoms with Crippen LogP contribution in [0.2, 0.25) is 5.02 Å². The van der Waals surface area contributed by atoms with E-state index in [2.05, 4.69) is 10.3 Å².